The van der Waals surface area contributed by atoms with E-state index in [0.717, 1.165) is 18.7 Å². The number of aromatic nitrogens is 3. The minimum absolute atomic E-state index is 0.118. The average molecular weight is 353 g/mol. The van der Waals surface area contributed by atoms with Gasteiger partial charge in [0.2, 0.25) is 11.8 Å². The van der Waals surface area contributed by atoms with Crippen LogP contribution in [0.25, 0.3) is 0 Å². The lowest BCUT2D eigenvalue weighted by Gasteiger charge is -2.36. The molecule has 1 saturated heterocycles. The first-order valence-corrected chi connectivity index (χ1v) is 8.47. The molecule has 2 aromatic heterocycles. The van der Waals surface area contributed by atoms with E-state index in [4.69, 9.17) is 9.05 Å². The first-order chi connectivity index (χ1) is 12.7. The summed E-state index contributed by atoms with van der Waals surface area (Å²) in [4.78, 5) is 18.5. The first kappa shape index (κ1) is 16.5. The third-order valence-electron chi connectivity index (χ3n) is 4.26. The molecule has 1 aliphatic rings. The van der Waals surface area contributed by atoms with Gasteiger partial charge < -0.3 is 14.4 Å². The Morgan fingerprint density at radius 2 is 2.04 bits per heavy atom. The summed E-state index contributed by atoms with van der Waals surface area (Å²) >= 11 is 0. The Kier molecular flexibility index (Phi) is 4.49. The molecule has 1 fully saturated rings. The lowest BCUT2D eigenvalue weighted by molar-refractivity contribution is -0.118. The molecular weight excluding hydrogens is 334 g/mol. The van der Waals surface area contributed by atoms with Crippen LogP contribution >= 0.6 is 0 Å². The minimum atomic E-state index is -0.118. The minimum Gasteiger partial charge on any atom is -0.360 e. The van der Waals surface area contributed by atoms with Crippen molar-refractivity contribution in [1.82, 2.24) is 20.2 Å². The van der Waals surface area contributed by atoms with Crippen molar-refractivity contribution in [3.63, 3.8) is 0 Å². The van der Waals surface area contributed by atoms with Crippen LogP contribution in [-0.2, 0) is 11.2 Å². The highest BCUT2D eigenvalue weighted by Gasteiger charge is 2.33. The Bertz CT molecular complexity index is 883. The Labute approximate surface area is 150 Å². The molecule has 0 unspecified atom stereocenters. The van der Waals surface area contributed by atoms with E-state index >= 15 is 0 Å². The van der Waals surface area contributed by atoms with Gasteiger partial charge >= 0.3 is 0 Å². The highest BCUT2D eigenvalue weighted by Crippen LogP contribution is 2.25. The summed E-state index contributed by atoms with van der Waals surface area (Å²) < 4.78 is 10.3. The van der Waals surface area contributed by atoms with Crippen LogP contribution in [0.15, 0.2) is 45.4 Å². The first-order valence-electron chi connectivity index (χ1n) is 8.47. The smallest absolute Gasteiger partial charge is 0.239 e. The highest BCUT2D eigenvalue weighted by atomic mass is 16.5. The Morgan fingerprint density at radius 3 is 2.77 bits per heavy atom. The van der Waals surface area contributed by atoms with E-state index in [2.05, 4.69) is 20.6 Å². The number of nitrogens with one attached hydrogen (secondary N) is 1. The van der Waals surface area contributed by atoms with Crippen LogP contribution in [0.1, 0.15) is 29.0 Å². The molecule has 26 heavy (non-hydrogen) atoms. The number of carbonyl (C=O) groups excluding carboxylic acids is 1. The van der Waals surface area contributed by atoms with Gasteiger partial charge in [0.15, 0.2) is 11.6 Å². The number of aryl methyl sites for hydroxylation is 1. The van der Waals surface area contributed by atoms with Gasteiger partial charge in [-0.2, -0.15) is 4.98 Å². The van der Waals surface area contributed by atoms with E-state index in [1.54, 1.807) is 13.0 Å². The van der Waals surface area contributed by atoms with Gasteiger partial charge in [0.05, 0.1) is 12.5 Å². The van der Waals surface area contributed by atoms with Gasteiger partial charge in [-0.05, 0) is 12.5 Å². The molecule has 0 radical (unpaired) electrons. The van der Waals surface area contributed by atoms with E-state index in [0.29, 0.717) is 36.3 Å². The number of amides is 1. The van der Waals surface area contributed by atoms with E-state index in [9.17, 15) is 4.79 Å². The standard InChI is InChI=1S/C18H19N5O3/c1-12-7-15(21-25-12)19-17(24)11-23-9-14(10-23)18-20-16(22-26-18)8-13-5-3-2-4-6-13/h2-7,14H,8-11H2,1H3,(H,19,21,24). The number of anilines is 1. The molecule has 3 heterocycles. The van der Waals surface area contributed by atoms with Crippen molar-refractivity contribution in [2.24, 2.45) is 0 Å². The van der Waals surface area contributed by atoms with Crippen molar-refractivity contribution in [1.29, 1.82) is 0 Å². The molecule has 134 valence electrons. The summed E-state index contributed by atoms with van der Waals surface area (Å²) in [6, 6.07) is 11.7. The molecule has 0 saturated carbocycles. The van der Waals surface area contributed by atoms with E-state index in [1.807, 2.05) is 35.2 Å². The zero-order chi connectivity index (χ0) is 17.9. The van der Waals surface area contributed by atoms with E-state index in [1.165, 1.54) is 0 Å². The van der Waals surface area contributed by atoms with Crippen molar-refractivity contribution < 1.29 is 13.8 Å². The van der Waals surface area contributed by atoms with Crippen molar-refractivity contribution >= 4 is 11.7 Å². The lowest BCUT2D eigenvalue weighted by atomic mass is 10.0. The Hall–Kier alpha value is -3.00. The Balaban J connectivity index is 1.25. The van der Waals surface area contributed by atoms with Crippen LogP contribution in [0.5, 0.6) is 0 Å². The van der Waals surface area contributed by atoms with Crippen LogP contribution in [0, 0.1) is 6.92 Å². The molecule has 8 heteroatoms. The van der Waals surface area contributed by atoms with Crippen molar-refractivity contribution in [3.05, 3.63) is 59.4 Å². The summed E-state index contributed by atoms with van der Waals surface area (Å²) in [6.45, 7) is 3.52. The van der Waals surface area contributed by atoms with Gasteiger partial charge in [-0.1, -0.05) is 40.6 Å². The molecule has 0 aliphatic carbocycles. The normalized spacial score (nSPS) is 15.0. The largest absolute Gasteiger partial charge is 0.360 e. The quantitative estimate of drug-likeness (QED) is 0.724. The van der Waals surface area contributed by atoms with Gasteiger partial charge in [0.25, 0.3) is 0 Å². The van der Waals surface area contributed by atoms with Gasteiger partial charge in [-0.15, -0.1) is 0 Å². The highest BCUT2D eigenvalue weighted by molar-refractivity contribution is 5.91. The third-order valence-corrected chi connectivity index (χ3v) is 4.26. The zero-order valence-corrected chi connectivity index (χ0v) is 14.4. The molecule has 8 nitrogen and oxygen atoms in total. The van der Waals surface area contributed by atoms with Crippen LogP contribution in [0.4, 0.5) is 5.82 Å². The monoisotopic (exact) mass is 353 g/mol. The number of likely N-dealkylation sites (tertiary alicyclic amines) is 1. The number of hydrogen-bond donors (Lipinski definition) is 1. The number of rotatable bonds is 6. The molecule has 0 bridgehead atoms. The van der Waals surface area contributed by atoms with Crippen molar-refractivity contribution in [2.75, 3.05) is 25.0 Å². The van der Waals surface area contributed by atoms with Crippen molar-refractivity contribution in [2.45, 2.75) is 19.3 Å². The van der Waals surface area contributed by atoms with Gasteiger partial charge in [-0.25, -0.2) is 0 Å². The topological polar surface area (TPSA) is 97.3 Å². The molecule has 1 aromatic carbocycles. The molecular formula is C18H19N5O3. The predicted molar refractivity (Wildman–Crippen MR) is 92.6 cm³/mol. The van der Waals surface area contributed by atoms with Gasteiger partial charge in [0.1, 0.15) is 5.76 Å². The molecule has 0 spiro atoms. The summed E-state index contributed by atoms with van der Waals surface area (Å²) in [5.41, 5.74) is 1.15. The SMILES string of the molecule is Cc1cc(NC(=O)CN2CC(c3nc(Cc4ccccc4)no3)C2)no1. The number of hydrogen-bond acceptors (Lipinski definition) is 7. The van der Waals surface area contributed by atoms with Gasteiger partial charge in [0, 0.05) is 25.6 Å². The predicted octanol–water partition coefficient (Wildman–Crippen LogP) is 1.99. The van der Waals surface area contributed by atoms with Crippen LogP contribution in [0.2, 0.25) is 0 Å². The third kappa shape index (κ3) is 3.80. The maximum absolute atomic E-state index is 12.0. The number of benzene rings is 1. The maximum atomic E-state index is 12.0. The summed E-state index contributed by atoms with van der Waals surface area (Å²) in [5.74, 6) is 2.48. The summed E-state index contributed by atoms with van der Waals surface area (Å²) in [5, 5.41) is 10.5. The molecule has 1 N–H and O–H groups in total. The van der Waals surface area contributed by atoms with Gasteiger partial charge in [-0.3, -0.25) is 9.69 Å². The fourth-order valence-electron chi connectivity index (χ4n) is 2.95. The number of nitrogens with zero attached hydrogens (tertiary/aromatic N) is 4. The van der Waals surface area contributed by atoms with E-state index < -0.39 is 0 Å². The summed E-state index contributed by atoms with van der Waals surface area (Å²) in [7, 11) is 0. The van der Waals surface area contributed by atoms with Crippen LogP contribution < -0.4 is 5.32 Å². The molecule has 1 amide bonds. The fraction of sp³-hybridized carbons (Fsp3) is 0.333. The molecule has 1 aliphatic heterocycles. The van der Waals surface area contributed by atoms with Crippen LogP contribution in [0.3, 0.4) is 0 Å². The second kappa shape index (κ2) is 7.09. The molecule has 0 atom stereocenters. The number of carbonyl (C=O) groups is 1. The average Bonchev–Trinajstić information content (AvgIpc) is 3.20. The second-order valence-corrected chi connectivity index (χ2v) is 6.47. The van der Waals surface area contributed by atoms with Crippen LogP contribution in [-0.4, -0.2) is 45.7 Å². The maximum Gasteiger partial charge on any atom is 0.239 e. The molecule has 3 aromatic rings. The van der Waals surface area contributed by atoms with E-state index in [-0.39, 0.29) is 11.8 Å². The second-order valence-electron chi connectivity index (χ2n) is 6.47. The fourth-order valence-corrected chi connectivity index (χ4v) is 2.95. The summed E-state index contributed by atoms with van der Waals surface area (Å²) in [6.07, 6.45) is 0.653. The Morgan fingerprint density at radius 1 is 1.23 bits per heavy atom. The van der Waals surface area contributed by atoms with Crippen molar-refractivity contribution in [3.8, 4) is 0 Å². The molecule has 4 rings (SSSR count). The zero-order valence-electron chi connectivity index (χ0n) is 14.4. The lowest BCUT2D eigenvalue weighted by Crippen LogP contribution is -2.48.